The lowest BCUT2D eigenvalue weighted by molar-refractivity contribution is 0.141. The Bertz CT molecular complexity index is 1210. The third kappa shape index (κ3) is 3.39. The zero-order valence-corrected chi connectivity index (χ0v) is 19.1. The van der Waals surface area contributed by atoms with Gasteiger partial charge in [-0.15, -0.1) is 0 Å². The molecular weight excluding hydrogens is 408 g/mol. The second-order valence-electron chi connectivity index (χ2n) is 8.35. The van der Waals surface area contributed by atoms with Crippen LogP contribution in [0.15, 0.2) is 24.3 Å². The van der Waals surface area contributed by atoms with Crippen LogP contribution in [0.25, 0.3) is 10.9 Å². The van der Waals surface area contributed by atoms with Gasteiger partial charge in [0.2, 0.25) is 0 Å². The Morgan fingerprint density at radius 1 is 0.969 bits per heavy atom. The highest BCUT2D eigenvalue weighted by molar-refractivity contribution is 5.86. The summed E-state index contributed by atoms with van der Waals surface area (Å²) < 4.78 is 4.48. The van der Waals surface area contributed by atoms with Crippen LogP contribution in [0.3, 0.4) is 0 Å². The molecule has 1 aliphatic heterocycles. The van der Waals surface area contributed by atoms with Gasteiger partial charge in [-0.1, -0.05) is 18.2 Å². The fraction of sp³-hybridized carbons (Fsp3) is 0.417. The van der Waals surface area contributed by atoms with E-state index in [0.29, 0.717) is 26.1 Å². The average Bonchev–Trinajstić information content (AvgIpc) is 3.20. The van der Waals surface area contributed by atoms with Crippen molar-refractivity contribution >= 4 is 23.1 Å². The second-order valence-corrected chi connectivity index (χ2v) is 8.35. The molecule has 2 amide bonds. The van der Waals surface area contributed by atoms with Crippen LogP contribution in [0.2, 0.25) is 0 Å². The van der Waals surface area contributed by atoms with Crippen molar-refractivity contribution in [1.82, 2.24) is 18.9 Å². The van der Waals surface area contributed by atoms with E-state index in [1.165, 1.54) is 32.0 Å². The lowest BCUT2D eigenvalue weighted by atomic mass is 9.98. The smallest absolute Gasteiger partial charge is 0.407 e. The van der Waals surface area contributed by atoms with E-state index in [1.54, 1.807) is 0 Å². The van der Waals surface area contributed by atoms with Crippen LogP contribution in [-0.4, -0.2) is 54.4 Å². The molecule has 0 saturated carbocycles. The molecule has 32 heavy (non-hydrogen) atoms. The fourth-order valence-corrected chi connectivity index (χ4v) is 4.99. The number of nitrogens with zero attached hydrogens (tertiary/aromatic N) is 4. The molecule has 3 aromatic rings. The Morgan fingerprint density at radius 2 is 1.56 bits per heavy atom. The molecule has 8 nitrogen and oxygen atoms in total. The Kier molecular flexibility index (Phi) is 5.62. The summed E-state index contributed by atoms with van der Waals surface area (Å²) in [6.45, 7) is 7.58. The van der Waals surface area contributed by atoms with E-state index in [0.717, 1.165) is 22.5 Å². The maximum Gasteiger partial charge on any atom is 0.407 e. The second kappa shape index (κ2) is 8.26. The van der Waals surface area contributed by atoms with Gasteiger partial charge >= 0.3 is 12.2 Å². The van der Waals surface area contributed by atoms with Crippen molar-refractivity contribution in [3.8, 4) is 0 Å². The lowest BCUT2D eigenvalue weighted by Crippen LogP contribution is -2.31. The Balaban J connectivity index is 1.87. The van der Waals surface area contributed by atoms with Gasteiger partial charge in [0.15, 0.2) is 0 Å². The van der Waals surface area contributed by atoms with E-state index in [4.69, 9.17) is 0 Å². The standard InChI is InChI=1S/C24H30N4O4/c1-5-26(23(29)30)12-18-15(3)28-14-22-17(16-9-7-8-10-20(16)25(22)4)11-21(28)19(18)13-27(6-2)24(31)32/h7-10H,5-6,11-14H2,1-4H3,(H,29,30)(H,31,32). The van der Waals surface area contributed by atoms with E-state index in [-0.39, 0.29) is 13.1 Å². The molecule has 0 saturated heterocycles. The van der Waals surface area contributed by atoms with Gasteiger partial charge in [0.1, 0.15) is 0 Å². The number of rotatable bonds is 6. The molecule has 2 N–H and O–H groups in total. The molecule has 0 spiro atoms. The maximum atomic E-state index is 11.8. The molecule has 0 unspecified atom stereocenters. The van der Waals surface area contributed by atoms with Crippen molar-refractivity contribution < 1.29 is 19.8 Å². The highest BCUT2D eigenvalue weighted by Gasteiger charge is 2.30. The predicted octanol–water partition coefficient (Wildman–Crippen LogP) is 4.24. The summed E-state index contributed by atoms with van der Waals surface area (Å²) in [6, 6.07) is 8.35. The molecule has 2 aromatic heterocycles. The molecule has 8 heteroatoms. The van der Waals surface area contributed by atoms with Gasteiger partial charge in [0.05, 0.1) is 19.6 Å². The first kappa shape index (κ1) is 21.8. The molecule has 170 valence electrons. The molecule has 1 aromatic carbocycles. The molecule has 0 fully saturated rings. The summed E-state index contributed by atoms with van der Waals surface area (Å²) in [7, 11) is 2.08. The highest BCUT2D eigenvalue weighted by Crippen LogP contribution is 2.37. The molecule has 3 heterocycles. The van der Waals surface area contributed by atoms with Gasteiger partial charge in [-0.3, -0.25) is 0 Å². The largest absolute Gasteiger partial charge is 0.465 e. The Hall–Kier alpha value is -3.42. The number of fused-ring (bicyclic) bond motifs is 4. The SMILES string of the molecule is CCN(Cc1c(CN(CC)C(=O)O)c2n(c1C)Cc1c(c3ccccc3n1C)C2)C(=O)O. The zero-order chi connectivity index (χ0) is 23.2. The van der Waals surface area contributed by atoms with E-state index < -0.39 is 12.2 Å². The van der Waals surface area contributed by atoms with E-state index >= 15 is 0 Å². The topological polar surface area (TPSA) is 90.9 Å². The Labute approximate surface area is 187 Å². The average molecular weight is 439 g/mol. The van der Waals surface area contributed by atoms with Gasteiger partial charge in [-0.25, -0.2) is 9.59 Å². The summed E-state index contributed by atoms with van der Waals surface area (Å²) in [5, 5.41) is 20.5. The summed E-state index contributed by atoms with van der Waals surface area (Å²) in [5.41, 5.74) is 7.64. The third-order valence-electron chi connectivity index (χ3n) is 6.88. The number of para-hydroxylation sites is 1. The zero-order valence-electron chi connectivity index (χ0n) is 19.1. The van der Waals surface area contributed by atoms with Crippen LogP contribution in [0.1, 0.15) is 47.6 Å². The Morgan fingerprint density at radius 3 is 2.16 bits per heavy atom. The van der Waals surface area contributed by atoms with Gasteiger partial charge in [0.25, 0.3) is 0 Å². The number of carbonyl (C=O) groups is 2. The van der Waals surface area contributed by atoms with Crippen LogP contribution < -0.4 is 0 Å². The monoisotopic (exact) mass is 438 g/mol. The number of amides is 2. The van der Waals surface area contributed by atoms with Crippen molar-refractivity contribution in [3.05, 3.63) is 58.0 Å². The summed E-state index contributed by atoms with van der Waals surface area (Å²) in [5.74, 6) is 0. The molecule has 1 aliphatic rings. The first-order chi connectivity index (χ1) is 15.3. The highest BCUT2D eigenvalue weighted by atomic mass is 16.4. The lowest BCUT2D eigenvalue weighted by Gasteiger charge is -2.23. The first-order valence-electron chi connectivity index (χ1n) is 11.0. The van der Waals surface area contributed by atoms with Crippen LogP contribution in [0, 0.1) is 6.92 Å². The number of benzene rings is 1. The van der Waals surface area contributed by atoms with E-state index in [1.807, 2.05) is 32.9 Å². The number of hydrogen-bond donors (Lipinski definition) is 2. The molecule has 0 bridgehead atoms. The fourth-order valence-electron chi connectivity index (χ4n) is 4.99. The summed E-state index contributed by atoms with van der Waals surface area (Å²) in [6.07, 6.45) is -1.24. The molecular formula is C24H30N4O4. The van der Waals surface area contributed by atoms with Crippen LogP contribution in [0.4, 0.5) is 9.59 Å². The van der Waals surface area contributed by atoms with Gasteiger partial charge in [-0.2, -0.15) is 0 Å². The van der Waals surface area contributed by atoms with Gasteiger partial charge in [0, 0.05) is 54.5 Å². The third-order valence-corrected chi connectivity index (χ3v) is 6.88. The van der Waals surface area contributed by atoms with Crippen molar-refractivity contribution in [1.29, 1.82) is 0 Å². The van der Waals surface area contributed by atoms with E-state index in [9.17, 15) is 19.8 Å². The van der Waals surface area contributed by atoms with Gasteiger partial charge in [-0.05, 0) is 43.5 Å². The number of aromatic nitrogens is 2. The number of hydrogen-bond acceptors (Lipinski definition) is 2. The van der Waals surface area contributed by atoms with Crippen molar-refractivity contribution in [2.45, 2.75) is 46.8 Å². The maximum absolute atomic E-state index is 11.8. The van der Waals surface area contributed by atoms with E-state index in [2.05, 4.69) is 28.3 Å². The minimum atomic E-state index is -0.970. The quantitative estimate of drug-likeness (QED) is 0.471. The van der Waals surface area contributed by atoms with Crippen LogP contribution in [0.5, 0.6) is 0 Å². The van der Waals surface area contributed by atoms with Crippen LogP contribution >= 0.6 is 0 Å². The molecule has 0 atom stereocenters. The minimum absolute atomic E-state index is 0.251. The first-order valence-corrected chi connectivity index (χ1v) is 11.0. The normalized spacial score (nSPS) is 12.5. The molecule has 4 rings (SSSR count). The van der Waals surface area contributed by atoms with Crippen molar-refractivity contribution in [2.75, 3.05) is 13.1 Å². The molecule has 0 aliphatic carbocycles. The van der Waals surface area contributed by atoms with Crippen molar-refractivity contribution in [3.63, 3.8) is 0 Å². The van der Waals surface area contributed by atoms with Gasteiger partial charge < -0.3 is 29.1 Å². The van der Waals surface area contributed by atoms with Crippen molar-refractivity contribution in [2.24, 2.45) is 7.05 Å². The summed E-state index contributed by atoms with van der Waals surface area (Å²) >= 11 is 0. The number of aryl methyl sites for hydroxylation is 1. The molecule has 0 radical (unpaired) electrons. The van der Waals surface area contributed by atoms with Crippen LogP contribution in [-0.2, 0) is 33.1 Å². The summed E-state index contributed by atoms with van der Waals surface area (Å²) in [4.78, 5) is 26.3. The minimum Gasteiger partial charge on any atom is -0.465 e. The predicted molar refractivity (Wildman–Crippen MR) is 122 cm³/mol. The number of carboxylic acid groups (broad SMARTS) is 2.